The normalized spacial score (nSPS) is 20.4. The van der Waals surface area contributed by atoms with Crippen molar-refractivity contribution in [2.24, 2.45) is 11.7 Å². The molecule has 2 aromatic rings. The molecule has 3 rings (SSSR count). The van der Waals surface area contributed by atoms with Crippen molar-refractivity contribution in [3.63, 3.8) is 0 Å². The average molecular weight is 326 g/mol. The molecule has 1 amide bonds. The topological polar surface area (TPSA) is 105 Å². The number of hydrogen-bond acceptors (Lipinski definition) is 6. The van der Waals surface area contributed by atoms with Crippen molar-refractivity contribution in [2.45, 2.75) is 19.4 Å². The molecule has 3 heterocycles. The van der Waals surface area contributed by atoms with E-state index < -0.39 is 5.91 Å². The number of carbonyl (C=O) groups excluding carboxylic acids is 1. The fourth-order valence-electron chi connectivity index (χ4n) is 2.84. The van der Waals surface area contributed by atoms with E-state index >= 15 is 0 Å². The molecule has 0 unspecified atom stereocenters. The second kappa shape index (κ2) is 7.27. The Morgan fingerprint density at radius 2 is 2.21 bits per heavy atom. The molecular weight excluding hydrogens is 304 g/mol. The predicted octanol–water partition coefficient (Wildman–Crippen LogP) is 1.73. The van der Waals surface area contributed by atoms with Crippen LogP contribution >= 0.6 is 0 Å². The molecule has 7 heteroatoms. The van der Waals surface area contributed by atoms with E-state index in [4.69, 9.17) is 5.73 Å². The van der Waals surface area contributed by atoms with Gasteiger partial charge in [-0.1, -0.05) is 13.0 Å². The SMILES string of the molecule is C[C@H]1CNCC[C@H]1Nc1cc(Nc2ccccn2)ncc1C(N)=O. The molecule has 126 valence electrons. The molecule has 2 aromatic heterocycles. The van der Waals surface area contributed by atoms with E-state index in [0.717, 1.165) is 19.5 Å². The van der Waals surface area contributed by atoms with E-state index in [0.29, 0.717) is 28.8 Å². The molecule has 0 bridgehead atoms. The lowest BCUT2D eigenvalue weighted by atomic mass is 9.95. The highest BCUT2D eigenvalue weighted by atomic mass is 16.1. The molecule has 0 saturated carbocycles. The summed E-state index contributed by atoms with van der Waals surface area (Å²) in [6.45, 7) is 4.09. The number of nitrogens with zero attached hydrogens (tertiary/aromatic N) is 2. The summed E-state index contributed by atoms with van der Waals surface area (Å²) < 4.78 is 0. The minimum Gasteiger partial charge on any atom is -0.381 e. The van der Waals surface area contributed by atoms with Gasteiger partial charge in [-0.2, -0.15) is 0 Å². The van der Waals surface area contributed by atoms with Gasteiger partial charge >= 0.3 is 0 Å². The summed E-state index contributed by atoms with van der Waals surface area (Å²) in [6, 6.07) is 7.69. The summed E-state index contributed by atoms with van der Waals surface area (Å²) in [5.74, 6) is 1.27. The first-order chi connectivity index (χ1) is 11.6. The molecule has 24 heavy (non-hydrogen) atoms. The Morgan fingerprint density at radius 3 is 2.92 bits per heavy atom. The zero-order chi connectivity index (χ0) is 16.9. The van der Waals surface area contributed by atoms with E-state index in [-0.39, 0.29) is 6.04 Å². The van der Waals surface area contributed by atoms with Crippen molar-refractivity contribution < 1.29 is 4.79 Å². The lowest BCUT2D eigenvalue weighted by molar-refractivity contribution is 0.100. The maximum atomic E-state index is 11.7. The summed E-state index contributed by atoms with van der Waals surface area (Å²) in [6.07, 6.45) is 4.20. The zero-order valence-corrected chi connectivity index (χ0v) is 13.6. The van der Waals surface area contributed by atoms with Crippen LogP contribution in [-0.4, -0.2) is 35.0 Å². The largest absolute Gasteiger partial charge is 0.381 e. The zero-order valence-electron chi connectivity index (χ0n) is 13.6. The van der Waals surface area contributed by atoms with Gasteiger partial charge < -0.3 is 21.7 Å². The number of rotatable bonds is 5. The van der Waals surface area contributed by atoms with Crippen LogP contribution in [0.5, 0.6) is 0 Å². The van der Waals surface area contributed by atoms with Gasteiger partial charge in [0.25, 0.3) is 5.91 Å². The third-order valence-corrected chi connectivity index (χ3v) is 4.22. The monoisotopic (exact) mass is 326 g/mol. The molecular formula is C17H22N6O. The fourth-order valence-corrected chi connectivity index (χ4v) is 2.84. The average Bonchev–Trinajstić information content (AvgIpc) is 2.58. The van der Waals surface area contributed by atoms with Crippen molar-refractivity contribution in [3.8, 4) is 0 Å². The lowest BCUT2D eigenvalue weighted by Gasteiger charge is -2.31. The third-order valence-electron chi connectivity index (χ3n) is 4.22. The van der Waals surface area contributed by atoms with Crippen LogP contribution < -0.4 is 21.7 Å². The Morgan fingerprint density at radius 1 is 1.33 bits per heavy atom. The number of primary amides is 1. The highest BCUT2D eigenvalue weighted by Crippen LogP contribution is 2.24. The first-order valence-corrected chi connectivity index (χ1v) is 8.08. The number of aromatic nitrogens is 2. The summed E-state index contributed by atoms with van der Waals surface area (Å²) >= 11 is 0. The minimum absolute atomic E-state index is 0.287. The Kier molecular flexibility index (Phi) is 4.90. The maximum absolute atomic E-state index is 11.7. The highest BCUT2D eigenvalue weighted by molar-refractivity contribution is 5.98. The van der Waals surface area contributed by atoms with Crippen LogP contribution in [0.2, 0.25) is 0 Å². The van der Waals surface area contributed by atoms with Crippen molar-refractivity contribution in [1.82, 2.24) is 15.3 Å². The Labute approximate surface area is 141 Å². The molecule has 0 radical (unpaired) electrons. The Bertz CT molecular complexity index is 705. The molecule has 7 nitrogen and oxygen atoms in total. The van der Waals surface area contributed by atoms with Crippen LogP contribution in [0.3, 0.4) is 0 Å². The molecule has 0 aromatic carbocycles. The predicted molar refractivity (Wildman–Crippen MR) is 94.3 cm³/mol. The quantitative estimate of drug-likeness (QED) is 0.667. The van der Waals surface area contributed by atoms with Crippen LogP contribution in [0, 0.1) is 5.92 Å². The second-order valence-electron chi connectivity index (χ2n) is 6.04. The van der Waals surface area contributed by atoms with Gasteiger partial charge in [-0.3, -0.25) is 4.79 Å². The number of pyridine rings is 2. The molecule has 0 aliphatic carbocycles. The lowest BCUT2D eigenvalue weighted by Crippen LogP contribution is -2.42. The number of piperidine rings is 1. The van der Waals surface area contributed by atoms with Crippen LogP contribution in [-0.2, 0) is 0 Å². The van der Waals surface area contributed by atoms with E-state index in [9.17, 15) is 4.79 Å². The number of carbonyl (C=O) groups is 1. The first-order valence-electron chi connectivity index (χ1n) is 8.08. The Balaban J connectivity index is 1.84. The van der Waals surface area contributed by atoms with Gasteiger partial charge in [-0.05, 0) is 37.6 Å². The van der Waals surface area contributed by atoms with Crippen molar-refractivity contribution >= 4 is 23.2 Å². The van der Waals surface area contributed by atoms with Gasteiger partial charge in [-0.15, -0.1) is 0 Å². The van der Waals surface area contributed by atoms with Gasteiger partial charge in [0.15, 0.2) is 0 Å². The standard InChI is InChI=1S/C17H22N6O/c1-11-9-19-7-5-13(11)22-14-8-16(21-10-12(14)17(18)24)23-15-4-2-3-6-20-15/h2-4,6,8,10-11,13,19H,5,7,9H2,1H3,(H2,18,24)(H2,20,21,22,23)/t11-,13+/m0/s1. The van der Waals surface area contributed by atoms with Crippen LogP contribution in [0.4, 0.5) is 17.3 Å². The number of nitrogens with one attached hydrogen (secondary N) is 3. The molecule has 2 atom stereocenters. The summed E-state index contributed by atoms with van der Waals surface area (Å²) in [5, 5.41) is 9.96. The number of anilines is 3. The van der Waals surface area contributed by atoms with E-state index in [1.807, 2.05) is 24.3 Å². The number of nitrogens with two attached hydrogens (primary N) is 1. The summed E-state index contributed by atoms with van der Waals surface area (Å²) in [5.41, 5.74) is 6.59. The van der Waals surface area contributed by atoms with Gasteiger partial charge in [0, 0.05) is 24.5 Å². The van der Waals surface area contributed by atoms with E-state index in [1.165, 1.54) is 6.20 Å². The molecule has 1 saturated heterocycles. The van der Waals surface area contributed by atoms with Crippen molar-refractivity contribution in [3.05, 3.63) is 42.2 Å². The number of amides is 1. The molecule has 1 fully saturated rings. The minimum atomic E-state index is -0.490. The molecule has 0 spiro atoms. The maximum Gasteiger partial charge on any atom is 0.252 e. The van der Waals surface area contributed by atoms with Gasteiger partial charge in [0.05, 0.1) is 11.3 Å². The molecule has 1 aliphatic heterocycles. The first kappa shape index (κ1) is 16.2. The van der Waals surface area contributed by atoms with Crippen molar-refractivity contribution in [2.75, 3.05) is 23.7 Å². The van der Waals surface area contributed by atoms with Crippen LogP contribution in [0.15, 0.2) is 36.7 Å². The smallest absolute Gasteiger partial charge is 0.252 e. The van der Waals surface area contributed by atoms with Gasteiger partial charge in [0.2, 0.25) is 0 Å². The molecule has 1 aliphatic rings. The van der Waals surface area contributed by atoms with Crippen molar-refractivity contribution in [1.29, 1.82) is 0 Å². The molecule has 5 N–H and O–H groups in total. The fraction of sp³-hybridized carbons (Fsp3) is 0.353. The number of hydrogen-bond donors (Lipinski definition) is 4. The third kappa shape index (κ3) is 3.80. The van der Waals surface area contributed by atoms with Crippen LogP contribution in [0.25, 0.3) is 0 Å². The van der Waals surface area contributed by atoms with E-state index in [1.54, 1.807) is 6.20 Å². The van der Waals surface area contributed by atoms with Gasteiger partial charge in [0.1, 0.15) is 11.6 Å². The van der Waals surface area contributed by atoms with Crippen LogP contribution in [0.1, 0.15) is 23.7 Å². The summed E-state index contributed by atoms with van der Waals surface area (Å²) in [7, 11) is 0. The summed E-state index contributed by atoms with van der Waals surface area (Å²) in [4.78, 5) is 20.2. The Hall–Kier alpha value is -2.67. The highest BCUT2D eigenvalue weighted by Gasteiger charge is 2.22. The second-order valence-corrected chi connectivity index (χ2v) is 6.04. The van der Waals surface area contributed by atoms with Gasteiger partial charge in [-0.25, -0.2) is 9.97 Å². The van der Waals surface area contributed by atoms with E-state index in [2.05, 4.69) is 32.8 Å².